The number of halogens is 1. The van der Waals surface area contributed by atoms with Crippen LogP contribution in [0, 0.1) is 5.82 Å². The summed E-state index contributed by atoms with van der Waals surface area (Å²) in [4.78, 5) is 13.6. The zero-order valence-corrected chi connectivity index (χ0v) is 10.8. The Labute approximate surface area is 107 Å². The normalized spacial score (nSPS) is 10.5. The summed E-state index contributed by atoms with van der Waals surface area (Å²) < 4.78 is 12.9. The summed E-state index contributed by atoms with van der Waals surface area (Å²) in [5, 5.41) is 2.82. The van der Waals surface area contributed by atoms with Gasteiger partial charge in [0.2, 0.25) is 0 Å². The predicted molar refractivity (Wildman–Crippen MR) is 71.1 cm³/mol. The van der Waals surface area contributed by atoms with Crippen molar-refractivity contribution in [2.45, 2.75) is 26.3 Å². The zero-order chi connectivity index (χ0) is 13.5. The van der Waals surface area contributed by atoms with Gasteiger partial charge in [0.15, 0.2) is 0 Å². The molecule has 0 radical (unpaired) electrons. The topological polar surface area (TPSA) is 58.4 Å². The highest BCUT2D eigenvalue weighted by Gasteiger charge is 2.15. The summed E-state index contributed by atoms with van der Waals surface area (Å²) in [5.41, 5.74) is 6.13. The maximum Gasteiger partial charge on any atom is 0.322 e. The number of nitrogens with one attached hydrogen (secondary N) is 1. The van der Waals surface area contributed by atoms with Crippen molar-refractivity contribution in [2.75, 3.05) is 18.0 Å². The van der Waals surface area contributed by atoms with Crippen molar-refractivity contribution in [1.29, 1.82) is 0 Å². The second kappa shape index (κ2) is 6.96. The van der Waals surface area contributed by atoms with Crippen LogP contribution in [0.3, 0.4) is 0 Å². The zero-order valence-electron chi connectivity index (χ0n) is 10.8. The van der Waals surface area contributed by atoms with Gasteiger partial charge < -0.3 is 11.1 Å². The average molecular weight is 253 g/mol. The van der Waals surface area contributed by atoms with Gasteiger partial charge in [-0.3, -0.25) is 4.90 Å². The van der Waals surface area contributed by atoms with Gasteiger partial charge in [0.1, 0.15) is 5.82 Å². The summed E-state index contributed by atoms with van der Waals surface area (Å²) in [7, 11) is 0. The number of anilines is 1. The van der Waals surface area contributed by atoms with Crippen molar-refractivity contribution in [3.63, 3.8) is 0 Å². The van der Waals surface area contributed by atoms with Crippen molar-refractivity contribution in [2.24, 2.45) is 5.73 Å². The molecule has 0 bridgehead atoms. The van der Waals surface area contributed by atoms with Crippen LogP contribution >= 0.6 is 0 Å². The number of hydrogen-bond donors (Lipinski definition) is 2. The molecule has 0 aliphatic heterocycles. The number of hydrogen-bond acceptors (Lipinski definition) is 2. The highest BCUT2D eigenvalue weighted by molar-refractivity contribution is 5.92. The molecule has 0 unspecified atom stereocenters. The second-order valence-electron chi connectivity index (χ2n) is 4.37. The number of benzene rings is 1. The van der Waals surface area contributed by atoms with Crippen LogP contribution in [0.15, 0.2) is 24.3 Å². The third-order valence-electron chi connectivity index (χ3n) is 2.38. The van der Waals surface area contributed by atoms with E-state index in [1.54, 1.807) is 17.0 Å². The quantitative estimate of drug-likeness (QED) is 0.844. The van der Waals surface area contributed by atoms with E-state index in [0.717, 1.165) is 0 Å². The van der Waals surface area contributed by atoms with E-state index in [1.807, 2.05) is 13.8 Å². The molecule has 100 valence electrons. The number of amides is 2. The minimum Gasteiger partial charge on any atom is -0.336 e. The molecule has 0 spiro atoms. The third-order valence-corrected chi connectivity index (χ3v) is 2.38. The fraction of sp³-hybridized carbons (Fsp3) is 0.462. The molecule has 0 heterocycles. The average Bonchev–Trinajstić information content (AvgIpc) is 2.31. The van der Waals surface area contributed by atoms with Gasteiger partial charge in [-0.2, -0.15) is 0 Å². The van der Waals surface area contributed by atoms with Crippen LogP contribution in [-0.4, -0.2) is 25.2 Å². The van der Waals surface area contributed by atoms with Gasteiger partial charge in [-0.05, 0) is 51.1 Å². The number of carbonyl (C=O) groups is 1. The number of rotatable bonds is 5. The Kier molecular flexibility index (Phi) is 5.58. The van der Waals surface area contributed by atoms with Gasteiger partial charge in [0.05, 0.1) is 0 Å². The molecule has 0 aliphatic carbocycles. The van der Waals surface area contributed by atoms with Crippen molar-refractivity contribution in [3.8, 4) is 0 Å². The number of nitrogens with two attached hydrogens (primary N) is 1. The van der Waals surface area contributed by atoms with Crippen LogP contribution in [0.2, 0.25) is 0 Å². The SMILES string of the molecule is CC(C)NC(=O)N(CCCN)c1ccc(F)cc1. The van der Waals surface area contributed by atoms with Gasteiger partial charge in [0, 0.05) is 18.3 Å². The highest BCUT2D eigenvalue weighted by Crippen LogP contribution is 2.15. The van der Waals surface area contributed by atoms with E-state index in [-0.39, 0.29) is 17.9 Å². The van der Waals surface area contributed by atoms with Gasteiger partial charge in [0.25, 0.3) is 0 Å². The molecule has 0 atom stereocenters. The Morgan fingerprint density at radius 3 is 2.50 bits per heavy atom. The molecule has 2 amide bonds. The first-order valence-electron chi connectivity index (χ1n) is 6.08. The lowest BCUT2D eigenvalue weighted by Gasteiger charge is -2.24. The minimum absolute atomic E-state index is 0.0540. The second-order valence-corrected chi connectivity index (χ2v) is 4.37. The van der Waals surface area contributed by atoms with E-state index < -0.39 is 0 Å². The van der Waals surface area contributed by atoms with E-state index >= 15 is 0 Å². The van der Waals surface area contributed by atoms with E-state index in [9.17, 15) is 9.18 Å². The molecule has 0 aromatic heterocycles. The van der Waals surface area contributed by atoms with Crippen LogP contribution in [0.25, 0.3) is 0 Å². The van der Waals surface area contributed by atoms with Gasteiger partial charge in [-0.15, -0.1) is 0 Å². The molecular weight excluding hydrogens is 233 g/mol. The fourth-order valence-electron chi connectivity index (χ4n) is 1.54. The monoisotopic (exact) mass is 253 g/mol. The van der Waals surface area contributed by atoms with Crippen LogP contribution in [0.5, 0.6) is 0 Å². The Bertz CT molecular complexity index is 378. The molecule has 0 fully saturated rings. The van der Waals surface area contributed by atoms with Crippen LogP contribution in [-0.2, 0) is 0 Å². The van der Waals surface area contributed by atoms with E-state index in [1.165, 1.54) is 12.1 Å². The van der Waals surface area contributed by atoms with E-state index in [4.69, 9.17) is 5.73 Å². The molecule has 4 nitrogen and oxygen atoms in total. The van der Waals surface area contributed by atoms with Crippen molar-refractivity contribution in [3.05, 3.63) is 30.1 Å². The largest absolute Gasteiger partial charge is 0.336 e. The van der Waals surface area contributed by atoms with Gasteiger partial charge >= 0.3 is 6.03 Å². The summed E-state index contributed by atoms with van der Waals surface area (Å²) >= 11 is 0. The van der Waals surface area contributed by atoms with Crippen LogP contribution < -0.4 is 16.0 Å². The molecule has 1 aromatic rings. The summed E-state index contributed by atoms with van der Waals surface area (Å²) in [6.45, 7) is 4.81. The smallest absolute Gasteiger partial charge is 0.322 e. The lowest BCUT2D eigenvalue weighted by molar-refractivity contribution is 0.244. The molecule has 1 aromatic carbocycles. The molecule has 0 saturated heterocycles. The van der Waals surface area contributed by atoms with Crippen molar-refractivity contribution < 1.29 is 9.18 Å². The highest BCUT2D eigenvalue weighted by atomic mass is 19.1. The molecule has 0 aliphatic rings. The Morgan fingerprint density at radius 2 is 2.00 bits per heavy atom. The number of carbonyl (C=O) groups excluding carboxylic acids is 1. The first-order chi connectivity index (χ1) is 8.54. The maximum atomic E-state index is 12.9. The number of nitrogens with zero attached hydrogens (tertiary/aromatic N) is 1. The third kappa shape index (κ3) is 4.33. The summed E-state index contributed by atoms with van der Waals surface area (Å²) in [6.07, 6.45) is 0.697. The number of urea groups is 1. The maximum absolute atomic E-state index is 12.9. The Balaban J connectivity index is 2.83. The van der Waals surface area contributed by atoms with E-state index in [2.05, 4.69) is 5.32 Å². The van der Waals surface area contributed by atoms with Gasteiger partial charge in [-0.25, -0.2) is 9.18 Å². The van der Waals surface area contributed by atoms with Crippen LogP contribution in [0.1, 0.15) is 20.3 Å². The Morgan fingerprint density at radius 1 is 1.39 bits per heavy atom. The van der Waals surface area contributed by atoms with Crippen molar-refractivity contribution in [1.82, 2.24) is 5.32 Å². The summed E-state index contributed by atoms with van der Waals surface area (Å²) in [6, 6.07) is 5.72. The Hall–Kier alpha value is -1.62. The first kappa shape index (κ1) is 14.4. The van der Waals surface area contributed by atoms with Gasteiger partial charge in [-0.1, -0.05) is 0 Å². The lowest BCUT2D eigenvalue weighted by Crippen LogP contribution is -2.44. The fourth-order valence-corrected chi connectivity index (χ4v) is 1.54. The van der Waals surface area contributed by atoms with E-state index in [0.29, 0.717) is 25.2 Å². The molecule has 5 heteroatoms. The molecule has 1 rings (SSSR count). The molecule has 18 heavy (non-hydrogen) atoms. The molecular formula is C13H20FN3O. The molecule has 3 N–H and O–H groups in total. The predicted octanol–water partition coefficient (Wildman–Crippen LogP) is 2.10. The lowest BCUT2D eigenvalue weighted by atomic mass is 10.2. The minimum atomic E-state index is -0.318. The van der Waals surface area contributed by atoms with Crippen molar-refractivity contribution >= 4 is 11.7 Å². The summed E-state index contributed by atoms with van der Waals surface area (Å²) in [5.74, 6) is -0.318. The standard InChI is InChI=1S/C13H20FN3O/c1-10(2)16-13(18)17(9-3-8-15)12-6-4-11(14)5-7-12/h4-7,10H,3,8-9,15H2,1-2H3,(H,16,18). The molecule has 0 saturated carbocycles. The van der Waals surface area contributed by atoms with Crippen LogP contribution in [0.4, 0.5) is 14.9 Å². The first-order valence-corrected chi connectivity index (χ1v) is 6.08.